The highest BCUT2D eigenvalue weighted by Crippen LogP contribution is 2.39. The lowest BCUT2D eigenvalue weighted by atomic mass is 9.70. The van der Waals surface area contributed by atoms with Gasteiger partial charge in [-0.2, -0.15) is 0 Å². The summed E-state index contributed by atoms with van der Waals surface area (Å²) in [5, 5.41) is 3.71. The summed E-state index contributed by atoms with van der Waals surface area (Å²) in [6, 6.07) is 0.793. The van der Waals surface area contributed by atoms with E-state index in [0.29, 0.717) is 5.41 Å². The van der Waals surface area contributed by atoms with E-state index >= 15 is 0 Å². The van der Waals surface area contributed by atoms with Crippen molar-refractivity contribution in [2.24, 2.45) is 11.3 Å². The first-order valence-corrected chi connectivity index (χ1v) is 7.32. The standard InChI is InChI=1S/C15H31N/c1-5-7-8-14(16-6-2)13-9-11-15(3,4)12-10-13/h13-14,16H,5-12H2,1-4H3. The van der Waals surface area contributed by atoms with Crippen molar-refractivity contribution in [1.29, 1.82) is 0 Å². The van der Waals surface area contributed by atoms with Crippen molar-refractivity contribution >= 4 is 0 Å². The van der Waals surface area contributed by atoms with Crippen molar-refractivity contribution in [3.63, 3.8) is 0 Å². The zero-order chi connectivity index (χ0) is 12.0. The summed E-state index contributed by atoms with van der Waals surface area (Å²) in [7, 11) is 0. The second-order valence-electron chi connectivity index (χ2n) is 6.31. The summed E-state index contributed by atoms with van der Waals surface area (Å²) < 4.78 is 0. The molecule has 16 heavy (non-hydrogen) atoms. The van der Waals surface area contributed by atoms with Crippen LogP contribution in [0.15, 0.2) is 0 Å². The maximum absolute atomic E-state index is 3.71. The molecule has 1 saturated carbocycles. The van der Waals surface area contributed by atoms with Crippen LogP contribution in [0.4, 0.5) is 0 Å². The SMILES string of the molecule is CCCCC(NCC)C1CCC(C)(C)CC1. The molecule has 1 unspecified atom stereocenters. The molecule has 1 aliphatic carbocycles. The van der Waals surface area contributed by atoms with Crippen LogP contribution in [0, 0.1) is 11.3 Å². The summed E-state index contributed by atoms with van der Waals surface area (Å²) >= 11 is 0. The predicted octanol–water partition coefficient (Wildman–Crippen LogP) is 4.37. The number of unbranched alkanes of at least 4 members (excludes halogenated alkanes) is 1. The van der Waals surface area contributed by atoms with Gasteiger partial charge in [-0.05, 0) is 50.0 Å². The predicted molar refractivity (Wildman–Crippen MR) is 72.7 cm³/mol. The lowest BCUT2D eigenvalue weighted by molar-refractivity contribution is 0.157. The Labute approximate surface area is 102 Å². The van der Waals surface area contributed by atoms with E-state index in [1.165, 1.54) is 44.9 Å². The first-order valence-electron chi connectivity index (χ1n) is 7.32. The van der Waals surface area contributed by atoms with Gasteiger partial charge >= 0.3 is 0 Å². The highest BCUT2D eigenvalue weighted by Gasteiger charge is 2.30. The number of nitrogens with one attached hydrogen (secondary N) is 1. The molecule has 0 heterocycles. The first-order chi connectivity index (χ1) is 7.59. The molecule has 0 aromatic heterocycles. The fourth-order valence-corrected chi connectivity index (χ4v) is 3.01. The molecule has 0 aromatic carbocycles. The zero-order valence-corrected chi connectivity index (χ0v) is 11.8. The Morgan fingerprint density at radius 1 is 1.19 bits per heavy atom. The zero-order valence-electron chi connectivity index (χ0n) is 11.8. The molecule has 0 bridgehead atoms. The average Bonchev–Trinajstić information content (AvgIpc) is 2.25. The molecule has 1 fully saturated rings. The van der Waals surface area contributed by atoms with Crippen LogP contribution in [0.2, 0.25) is 0 Å². The summed E-state index contributed by atoms with van der Waals surface area (Å²) in [5.74, 6) is 0.944. The number of hydrogen-bond acceptors (Lipinski definition) is 1. The Hall–Kier alpha value is -0.0400. The Bertz CT molecular complexity index is 176. The first kappa shape index (κ1) is 14.0. The topological polar surface area (TPSA) is 12.0 Å². The van der Waals surface area contributed by atoms with Crippen LogP contribution >= 0.6 is 0 Å². The second-order valence-corrected chi connectivity index (χ2v) is 6.31. The van der Waals surface area contributed by atoms with Crippen LogP contribution in [0.1, 0.15) is 72.6 Å². The maximum Gasteiger partial charge on any atom is 0.00952 e. The van der Waals surface area contributed by atoms with E-state index in [2.05, 4.69) is 33.0 Å². The van der Waals surface area contributed by atoms with Gasteiger partial charge < -0.3 is 5.32 Å². The van der Waals surface area contributed by atoms with Crippen LogP contribution in [-0.2, 0) is 0 Å². The molecule has 0 aliphatic heterocycles. The monoisotopic (exact) mass is 225 g/mol. The third-order valence-electron chi connectivity index (χ3n) is 4.29. The fraction of sp³-hybridized carbons (Fsp3) is 1.00. The molecule has 0 radical (unpaired) electrons. The van der Waals surface area contributed by atoms with Crippen LogP contribution in [-0.4, -0.2) is 12.6 Å². The van der Waals surface area contributed by atoms with E-state index in [1.54, 1.807) is 0 Å². The van der Waals surface area contributed by atoms with Crippen LogP contribution in [0.5, 0.6) is 0 Å². The number of rotatable bonds is 6. The minimum atomic E-state index is 0.609. The van der Waals surface area contributed by atoms with Crippen molar-refractivity contribution in [1.82, 2.24) is 5.32 Å². The van der Waals surface area contributed by atoms with E-state index in [0.717, 1.165) is 18.5 Å². The van der Waals surface area contributed by atoms with Crippen LogP contribution < -0.4 is 5.32 Å². The molecule has 1 atom stereocenters. The molecule has 1 heteroatoms. The van der Waals surface area contributed by atoms with Crippen LogP contribution in [0.3, 0.4) is 0 Å². The van der Waals surface area contributed by atoms with E-state index in [4.69, 9.17) is 0 Å². The van der Waals surface area contributed by atoms with Gasteiger partial charge in [-0.1, -0.05) is 40.5 Å². The minimum Gasteiger partial charge on any atom is -0.314 e. The molecule has 0 spiro atoms. The van der Waals surface area contributed by atoms with Crippen molar-refractivity contribution in [2.45, 2.75) is 78.7 Å². The fourth-order valence-electron chi connectivity index (χ4n) is 3.01. The van der Waals surface area contributed by atoms with Gasteiger partial charge in [0, 0.05) is 6.04 Å². The molecule has 1 rings (SSSR count). The minimum absolute atomic E-state index is 0.609. The molecule has 1 N–H and O–H groups in total. The lowest BCUT2D eigenvalue weighted by Gasteiger charge is -2.38. The summed E-state index contributed by atoms with van der Waals surface area (Å²) in [5.41, 5.74) is 0.609. The molecule has 1 nitrogen and oxygen atoms in total. The van der Waals surface area contributed by atoms with Crippen molar-refractivity contribution in [3.05, 3.63) is 0 Å². The smallest absolute Gasteiger partial charge is 0.00952 e. The molecule has 0 aromatic rings. The van der Waals surface area contributed by atoms with E-state index in [9.17, 15) is 0 Å². The lowest BCUT2D eigenvalue weighted by Crippen LogP contribution is -2.39. The van der Waals surface area contributed by atoms with Crippen molar-refractivity contribution < 1.29 is 0 Å². The molecule has 0 amide bonds. The Morgan fingerprint density at radius 3 is 2.31 bits per heavy atom. The van der Waals surface area contributed by atoms with Crippen LogP contribution in [0.25, 0.3) is 0 Å². The quantitative estimate of drug-likeness (QED) is 0.708. The summed E-state index contributed by atoms with van der Waals surface area (Å²) in [6.45, 7) is 10.5. The van der Waals surface area contributed by atoms with Gasteiger partial charge in [0.25, 0.3) is 0 Å². The Kier molecular flexibility index (Phi) is 5.82. The largest absolute Gasteiger partial charge is 0.314 e. The van der Waals surface area contributed by atoms with E-state index in [1.807, 2.05) is 0 Å². The van der Waals surface area contributed by atoms with Crippen molar-refractivity contribution in [3.8, 4) is 0 Å². The third-order valence-corrected chi connectivity index (χ3v) is 4.29. The normalized spacial score (nSPS) is 23.2. The van der Waals surface area contributed by atoms with Gasteiger partial charge in [-0.15, -0.1) is 0 Å². The third kappa shape index (κ3) is 4.45. The van der Waals surface area contributed by atoms with Gasteiger partial charge in [-0.25, -0.2) is 0 Å². The second kappa shape index (κ2) is 6.64. The Morgan fingerprint density at radius 2 is 1.81 bits per heavy atom. The summed E-state index contributed by atoms with van der Waals surface area (Å²) in [4.78, 5) is 0. The van der Waals surface area contributed by atoms with E-state index < -0.39 is 0 Å². The average molecular weight is 225 g/mol. The molecular weight excluding hydrogens is 194 g/mol. The number of hydrogen-bond donors (Lipinski definition) is 1. The molecule has 1 aliphatic rings. The van der Waals surface area contributed by atoms with Gasteiger partial charge in [0.05, 0.1) is 0 Å². The molecule has 96 valence electrons. The Balaban J connectivity index is 2.39. The van der Waals surface area contributed by atoms with Crippen molar-refractivity contribution in [2.75, 3.05) is 6.54 Å². The van der Waals surface area contributed by atoms with Gasteiger partial charge in [0.2, 0.25) is 0 Å². The van der Waals surface area contributed by atoms with Gasteiger partial charge in [0.1, 0.15) is 0 Å². The van der Waals surface area contributed by atoms with Gasteiger partial charge in [-0.3, -0.25) is 0 Å². The highest BCUT2D eigenvalue weighted by atomic mass is 14.9. The summed E-state index contributed by atoms with van der Waals surface area (Å²) in [6.07, 6.45) is 9.83. The van der Waals surface area contributed by atoms with Gasteiger partial charge in [0.15, 0.2) is 0 Å². The van der Waals surface area contributed by atoms with E-state index in [-0.39, 0.29) is 0 Å². The molecular formula is C15H31N. The maximum atomic E-state index is 3.71. The highest BCUT2D eigenvalue weighted by molar-refractivity contribution is 4.85. The molecule has 0 saturated heterocycles.